The van der Waals surface area contributed by atoms with Gasteiger partial charge in [-0.3, -0.25) is 0 Å². The Labute approximate surface area is 604 Å². The lowest BCUT2D eigenvalue weighted by molar-refractivity contribution is 1.31. The zero-order chi connectivity index (χ0) is 68.9. The first kappa shape index (κ1) is 61.3. The molecule has 0 radical (unpaired) electrons. The minimum absolute atomic E-state index is 1.12. The molecule has 104 heavy (non-hydrogen) atoms. The topological polar surface area (TPSA) is 13.0 Å². The third-order valence-corrected chi connectivity index (χ3v) is 20.7. The number of hydrogen-bond donors (Lipinski definition) is 0. The van der Waals surface area contributed by atoms with E-state index in [1.807, 2.05) is 0 Å². The van der Waals surface area contributed by atoms with Crippen LogP contribution in [0.3, 0.4) is 0 Å². The van der Waals surface area contributed by atoms with Gasteiger partial charge in [0.25, 0.3) is 0 Å². The lowest BCUT2D eigenvalue weighted by atomic mass is 10.0. The van der Waals surface area contributed by atoms with Crippen LogP contribution in [-0.4, -0.2) is 0 Å². The van der Waals surface area contributed by atoms with E-state index in [2.05, 4.69) is 432 Å². The predicted octanol–water partition coefficient (Wildman–Crippen LogP) is 28.8. The van der Waals surface area contributed by atoms with Gasteiger partial charge in [-0.15, -0.1) is 0 Å². The van der Waals surface area contributed by atoms with Crippen molar-refractivity contribution in [3.8, 4) is 0 Å². The standard InChI is InChI=1S/2C50H34N2/c2*1-5-21-43-35(13-1)17-9-25-47(43)51(48-26-10-18-36-14-2-6-22-44(36)48)41-31-29-40-34-42(32-30-39(40)33-41)52(49-27-11-19-37-15-3-7-23-45(37)49)50-28-12-20-38-16-4-8-24-46(38)50/h2*1-34H. The van der Waals surface area contributed by atoms with Crippen LogP contribution in [0.5, 0.6) is 0 Å². The molecular weight excluding hydrogens is 1260 g/mol. The fraction of sp³-hybridized carbons (Fsp3) is 0. The molecule has 0 aliphatic heterocycles. The number of nitrogens with zero attached hydrogens (tertiary/aromatic N) is 4. The van der Waals surface area contributed by atoms with Gasteiger partial charge in [0.1, 0.15) is 0 Å². The van der Waals surface area contributed by atoms with Gasteiger partial charge in [-0.05, 0) is 162 Å². The fourth-order valence-corrected chi connectivity index (χ4v) is 15.9. The molecule has 0 fully saturated rings. The van der Waals surface area contributed by atoms with Gasteiger partial charge in [-0.25, -0.2) is 0 Å². The first-order valence-electron chi connectivity index (χ1n) is 35.7. The molecule has 20 aromatic carbocycles. The van der Waals surface area contributed by atoms with E-state index in [4.69, 9.17) is 0 Å². The summed E-state index contributed by atoms with van der Waals surface area (Å²) in [5.41, 5.74) is 13.7. The second kappa shape index (κ2) is 26.4. The highest BCUT2D eigenvalue weighted by Crippen LogP contribution is 2.49. The Morgan fingerprint density at radius 2 is 0.240 bits per heavy atom. The zero-order valence-corrected chi connectivity index (χ0v) is 57.0. The molecule has 4 nitrogen and oxygen atoms in total. The van der Waals surface area contributed by atoms with Crippen LogP contribution in [0.4, 0.5) is 68.2 Å². The Bertz CT molecular complexity index is 5530. The molecule has 0 unspecified atom stereocenters. The molecule has 0 saturated heterocycles. The maximum Gasteiger partial charge on any atom is 0.0540 e. The zero-order valence-electron chi connectivity index (χ0n) is 57.0. The van der Waals surface area contributed by atoms with Gasteiger partial charge in [0, 0.05) is 65.8 Å². The summed E-state index contributed by atoms with van der Waals surface area (Å²) >= 11 is 0. The first-order valence-corrected chi connectivity index (χ1v) is 35.7. The predicted molar refractivity (Wildman–Crippen MR) is 447 cm³/mol. The van der Waals surface area contributed by atoms with Gasteiger partial charge in [-0.1, -0.05) is 315 Å². The number of rotatable bonds is 12. The van der Waals surface area contributed by atoms with Crippen molar-refractivity contribution in [1.29, 1.82) is 0 Å². The third-order valence-electron chi connectivity index (χ3n) is 20.7. The Morgan fingerprint density at radius 3 is 0.394 bits per heavy atom. The summed E-state index contributed by atoms with van der Waals surface area (Å²) in [6.45, 7) is 0. The average Bonchev–Trinajstić information content (AvgIpc) is 0.763. The Morgan fingerprint density at radius 1 is 0.106 bits per heavy atom. The molecule has 20 aromatic rings. The number of hydrogen-bond acceptors (Lipinski definition) is 4. The number of benzene rings is 20. The Balaban J connectivity index is 0.000000143. The summed E-state index contributed by atoms with van der Waals surface area (Å²) < 4.78 is 0. The summed E-state index contributed by atoms with van der Waals surface area (Å²) in [5.74, 6) is 0. The smallest absolute Gasteiger partial charge is 0.0540 e. The van der Waals surface area contributed by atoms with Gasteiger partial charge in [0.15, 0.2) is 0 Å². The van der Waals surface area contributed by atoms with Crippen LogP contribution < -0.4 is 19.6 Å². The number of fused-ring (bicyclic) bond motifs is 10. The van der Waals surface area contributed by atoms with Crippen LogP contribution in [0.1, 0.15) is 0 Å². The highest BCUT2D eigenvalue weighted by molar-refractivity contribution is 6.11. The van der Waals surface area contributed by atoms with Crippen LogP contribution in [0.25, 0.3) is 108 Å². The van der Waals surface area contributed by atoms with Crippen LogP contribution in [-0.2, 0) is 0 Å². The van der Waals surface area contributed by atoms with Crippen molar-refractivity contribution in [2.45, 2.75) is 0 Å². The van der Waals surface area contributed by atoms with Crippen LogP contribution in [0.15, 0.2) is 413 Å². The maximum absolute atomic E-state index is 2.43. The maximum atomic E-state index is 2.43. The highest BCUT2D eigenvalue weighted by atomic mass is 15.2. The van der Waals surface area contributed by atoms with E-state index in [0.29, 0.717) is 0 Å². The van der Waals surface area contributed by atoms with Gasteiger partial charge in [0.2, 0.25) is 0 Å². The first-order chi connectivity index (χ1) is 51.6. The molecule has 0 bridgehead atoms. The van der Waals surface area contributed by atoms with E-state index in [-0.39, 0.29) is 0 Å². The summed E-state index contributed by atoms with van der Waals surface area (Å²) in [5, 5.41) is 24.2. The van der Waals surface area contributed by atoms with Crippen molar-refractivity contribution in [1.82, 2.24) is 0 Å². The molecule has 0 N–H and O–H groups in total. The van der Waals surface area contributed by atoms with Gasteiger partial charge >= 0.3 is 0 Å². The summed E-state index contributed by atoms with van der Waals surface area (Å²) in [4.78, 5) is 9.71. The molecule has 0 saturated carbocycles. The number of anilines is 12. The van der Waals surface area contributed by atoms with Gasteiger partial charge < -0.3 is 19.6 Å². The largest absolute Gasteiger partial charge is 0.309 e. The quantitative estimate of drug-likeness (QED) is 0.121. The third kappa shape index (κ3) is 11.1. The lowest BCUT2D eigenvalue weighted by Gasteiger charge is -2.29. The van der Waals surface area contributed by atoms with Crippen molar-refractivity contribution in [2.24, 2.45) is 0 Å². The molecule has 4 heteroatoms. The normalized spacial score (nSPS) is 11.5. The Hall–Kier alpha value is -13.8. The molecule has 0 aliphatic carbocycles. The minimum atomic E-state index is 1.12. The van der Waals surface area contributed by atoms with Crippen molar-refractivity contribution in [3.05, 3.63) is 413 Å². The Kier molecular flexibility index (Phi) is 15.5. The second-order valence-corrected chi connectivity index (χ2v) is 26.8. The van der Waals surface area contributed by atoms with Crippen molar-refractivity contribution in [3.63, 3.8) is 0 Å². The molecule has 0 spiro atoms. The SMILES string of the molecule is c1ccc2c(N(c3ccc4cc(N(c5cccc6ccccc56)c5cccc6ccccc56)ccc4c3)c3cccc4ccccc34)cccc2c1.c1ccc2c(N(c3ccc4cc(N(c5cccc6ccccc56)c5cccc6ccccc56)ccc4c3)c3cccc4ccccc34)cccc2c1. The molecule has 0 aromatic heterocycles. The van der Waals surface area contributed by atoms with Gasteiger partial charge in [0.05, 0.1) is 45.5 Å². The summed E-state index contributed by atoms with van der Waals surface area (Å²) in [6, 6.07) is 150. The van der Waals surface area contributed by atoms with Crippen LogP contribution in [0, 0.1) is 0 Å². The van der Waals surface area contributed by atoms with Crippen LogP contribution >= 0.6 is 0 Å². The monoisotopic (exact) mass is 1320 g/mol. The fourth-order valence-electron chi connectivity index (χ4n) is 15.9. The minimum Gasteiger partial charge on any atom is -0.309 e. The van der Waals surface area contributed by atoms with Crippen molar-refractivity contribution in [2.75, 3.05) is 19.6 Å². The summed E-state index contributed by atoms with van der Waals surface area (Å²) in [7, 11) is 0. The van der Waals surface area contributed by atoms with Crippen molar-refractivity contribution < 1.29 is 0 Å². The van der Waals surface area contributed by atoms with Crippen molar-refractivity contribution >= 4 is 176 Å². The molecule has 0 heterocycles. The molecular formula is C100H68N4. The molecule has 0 amide bonds. The van der Waals surface area contributed by atoms with E-state index >= 15 is 0 Å². The van der Waals surface area contributed by atoms with E-state index in [1.54, 1.807) is 0 Å². The molecule has 488 valence electrons. The van der Waals surface area contributed by atoms with E-state index < -0.39 is 0 Å². The lowest BCUT2D eigenvalue weighted by Crippen LogP contribution is -2.12. The second-order valence-electron chi connectivity index (χ2n) is 26.8. The molecule has 20 rings (SSSR count). The summed E-state index contributed by atoms with van der Waals surface area (Å²) in [6.07, 6.45) is 0. The highest BCUT2D eigenvalue weighted by Gasteiger charge is 2.24. The van der Waals surface area contributed by atoms with E-state index in [0.717, 1.165) is 68.2 Å². The molecule has 0 aliphatic rings. The van der Waals surface area contributed by atoms with Gasteiger partial charge in [-0.2, -0.15) is 0 Å². The van der Waals surface area contributed by atoms with Crippen LogP contribution in [0.2, 0.25) is 0 Å². The average molecular weight is 1330 g/mol. The van der Waals surface area contributed by atoms with E-state index in [1.165, 1.54) is 108 Å². The molecule has 0 atom stereocenters. The van der Waals surface area contributed by atoms with E-state index in [9.17, 15) is 0 Å².